The fourth-order valence-corrected chi connectivity index (χ4v) is 3.26. The third-order valence-corrected chi connectivity index (χ3v) is 5.56. The molecule has 0 aliphatic heterocycles. The largest absolute Gasteiger partial charge is 0.497 e. The summed E-state index contributed by atoms with van der Waals surface area (Å²) in [4.78, 5) is 12.1. The van der Waals surface area contributed by atoms with E-state index >= 15 is 0 Å². The van der Waals surface area contributed by atoms with Gasteiger partial charge in [0.2, 0.25) is 0 Å². The van der Waals surface area contributed by atoms with Crippen LogP contribution in [0.4, 0.5) is 0 Å². The molecule has 2 unspecified atom stereocenters. The fraction of sp³-hybridized carbons (Fsp3) is 0.353. The van der Waals surface area contributed by atoms with Crippen LogP contribution in [0.2, 0.25) is 0 Å². The molecule has 1 saturated carbocycles. The van der Waals surface area contributed by atoms with Crippen molar-refractivity contribution in [2.24, 2.45) is 11.8 Å². The Morgan fingerprint density at radius 1 is 1.24 bits per heavy atom. The molecule has 4 heteroatoms. The van der Waals surface area contributed by atoms with Crippen molar-refractivity contribution in [1.82, 2.24) is 0 Å². The summed E-state index contributed by atoms with van der Waals surface area (Å²) in [6, 6.07) is 7.93. The minimum Gasteiger partial charge on any atom is -0.497 e. The van der Waals surface area contributed by atoms with Crippen molar-refractivity contribution >= 4 is 35.4 Å². The van der Waals surface area contributed by atoms with E-state index in [1.807, 2.05) is 36.8 Å². The number of benzene rings is 1. The first-order valence-electron chi connectivity index (χ1n) is 6.83. The Hall–Kier alpha value is -1.13. The molecule has 0 N–H and O–H groups in total. The molecule has 21 heavy (non-hydrogen) atoms. The zero-order chi connectivity index (χ0) is 15.2. The highest BCUT2D eigenvalue weighted by Gasteiger charge is 2.39. The highest BCUT2D eigenvalue weighted by molar-refractivity contribution is 8.21. The number of allylic oxidation sites excluding steroid dienone is 2. The standard InChI is InChI=1S/C17H20O2S2/c1-19-14-8-5-12(6-9-14)4-7-13-10-15(13)16(18)11-17(20-2)21-3/h4-9,11,13,15H,10H2,1-3H3/b7-4+. The van der Waals surface area contributed by atoms with Gasteiger partial charge >= 0.3 is 0 Å². The zero-order valence-corrected chi connectivity index (χ0v) is 14.2. The van der Waals surface area contributed by atoms with E-state index in [9.17, 15) is 4.79 Å². The predicted molar refractivity (Wildman–Crippen MR) is 93.7 cm³/mol. The highest BCUT2D eigenvalue weighted by atomic mass is 32.2. The van der Waals surface area contributed by atoms with Gasteiger partial charge in [0.15, 0.2) is 5.78 Å². The quantitative estimate of drug-likeness (QED) is 0.692. The third kappa shape index (κ3) is 4.68. The molecular weight excluding hydrogens is 300 g/mol. The van der Waals surface area contributed by atoms with Crippen LogP contribution < -0.4 is 4.74 Å². The lowest BCUT2D eigenvalue weighted by molar-refractivity contribution is -0.115. The van der Waals surface area contributed by atoms with Crippen LogP contribution in [-0.2, 0) is 4.79 Å². The number of carbonyl (C=O) groups is 1. The molecule has 2 nitrogen and oxygen atoms in total. The van der Waals surface area contributed by atoms with Gasteiger partial charge in [-0.25, -0.2) is 0 Å². The first-order chi connectivity index (χ1) is 10.2. The van der Waals surface area contributed by atoms with E-state index in [1.165, 1.54) is 0 Å². The van der Waals surface area contributed by atoms with E-state index in [0.717, 1.165) is 22.0 Å². The third-order valence-electron chi connectivity index (χ3n) is 3.52. The Labute approximate surface area is 135 Å². The molecule has 0 bridgehead atoms. The fourth-order valence-electron chi connectivity index (χ4n) is 2.13. The molecule has 0 spiro atoms. The molecule has 1 aliphatic carbocycles. The Kier molecular flexibility index (Phi) is 6.00. The number of carbonyl (C=O) groups excluding carboxylic acids is 1. The molecule has 0 saturated heterocycles. The molecule has 2 rings (SSSR count). The van der Waals surface area contributed by atoms with Crippen LogP contribution in [0.15, 0.2) is 40.7 Å². The predicted octanol–water partition coefficient (Wildman–Crippen LogP) is 4.48. The van der Waals surface area contributed by atoms with Crippen molar-refractivity contribution in [3.8, 4) is 5.75 Å². The number of ketones is 1. The number of rotatable bonds is 7. The summed E-state index contributed by atoms with van der Waals surface area (Å²) in [7, 11) is 1.66. The van der Waals surface area contributed by atoms with Gasteiger partial charge in [0.1, 0.15) is 5.75 Å². The van der Waals surface area contributed by atoms with E-state index in [1.54, 1.807) is 36.7 Å². The number of hydrogen-bond acceptors (Lipinski definition) is 4. The van der Waals surface area contributed by atoms with Crippen LogP contribution in [0.5, 0.6) is 5.75 Å². The monoisotopic (exact) mass is 320 g/mol. The van der Waals surface area contributed by atoms with Gasteiger partial charge in [-0.05, 0) is 42.5 Å². The van der Waals surface area contributed by atoms with Gasteiger partial charge < -0.3 is 4.74 Å². The van der Waals surface area contributed by atoms with Gasteiger partial charge in [-0.2, -0.15) is 0 Å². The van der Waals surface area contributed by atoms with E-state index in [0.29, 0.717) is 5.92 Å². The number of methoxy groups -OCH3 is 1. The molecule has 1 fully saturated rings. The lowest BCUT2D eigenvalue weighted by atomic mass is 10.1. The SMILES string of the molecule is COc1ccc(/C=C/C2CC2C(=O)C=C(SC)SC)cc1. The molecule has 1 aromatic carbocycles. The van der Waals surface area contributed by atoms with Gasteiger partial charge in [0, 0.05) is 16.2 Å². The summed E-state index contributed by atoms with van der Waals surface area (Å²) >= 11 is 3.26. The molecule has 112 valence electrons. The number of hydrogen-bond donors (Lipinski definition) is 0. The smallest absolute Gasteiger partial charge is 0.161 e. The summed E-state index contributed by atoms with van der Waals surface area (Å²) < 4.78 is 6.22. The maximum Gasteiger partial charge on any atom is 0.161 e. The van der Waals surface area contributed by atoms with Crippen molar-refractivity contribution < 1.29 is 9.53 Å². The van der Waals surface area contributed by atoms with Crippen LogP contribution in [-0.4, -0.2) is 25.4 Å². The van der Waals surface area contributed by atoms with Gasteiger partial charge in [-0.1, -0.05) is 24.3 Å². The van der Waals surface area contributed by atoms with Crippen LogP contribution in [0.1, 0.15) is 12.0 Å². The molecule has 2 atom stereocenters. The molecule has 0 heterocycles. The lowest BCUT2D eigenvalue weighted by Crippen LogP contribution is -1.97. The average molecular weight is 320 g/mol. The van der Waals surface area contributed by atoms with Gasteiger partial charge in [-0.3, -0.25) is 4.79 Å². The Morgan fingerprint density at radius 2 is 1.90 bits per heavy atom. The van der Waals surface area contributed by atoms with Crippen molar-refractivity contribution in [2.45, 2.75) is 6.42 Å². The van der Waals surface area contributed by atoms with E-state index < -0.39 is 0 Å². The average Bonchev–Trinajstić information content (AvgIpc) is 3.30. The van der Waals surface area contributed by atoms with Crippen molar-refractivity contribution in [2.75, 3.05) is 19.6 Å². The first kappa shape index (κ1) is 16.2. The zero-order valence-electron chi connectivity index (χ0n) is 12.5. The highest BCUT2D eigenvalue weighted by Crippen LogP contribution is 2.42. The normalized spacial score (nSPS) is 20.3. The van der Waals surface area contributed by atoms with Crippen molar-refractivity contribution in [1.29, 1.82) is 0 Å². The molecule has 0 aromatic heterocycles. The lowest BCUT2D eigenvalue weighted by Gasteiger charge is -1.99. The molecule has 1 aliphatic rings. The second-order valence-corrected chi connectivity index (χ2v) is 6.87. The Bertz CT molecular complexity index is 540. The van der Waals surface area contributed by atoms with Crippen molar-refractivity contribution in [3.05, 3.63) is 46.2 Å². The minimum atomic E-state index is 0.175. The maximum atomic E-state index is 12.1. The topological polar surface area (TPSA) is 26.3 Å². The van der Waals surface area contributed by atoms with Gasteiger partial charge in [0.05, 0.1) is 7.11 Å². The number of ether oxygens (including phenoxy) is 1. The Balaban J connectivity index is 1.90. The summed E-state index contributed by atoms with van der Waals surface area (Å²) in [6.07, 6.45) is 11.0. The van der Waals surface area contributed by atoms with E-state index in [2.05, 4.69) is 12.2 Å². The minimum absolute atomic E-state index is 0.175. The second kappa shape index (κ2) is 7.76. The van der Waals surface area contributed by atoms with Gasteiger partial charge in [0.25, 0.3) is 0 Å². The maximum absolute atomic E-state index is 12.1. The van der Waals surface area contributed by atoms with Crippen molar-refractivity contribution in [3.63, 3.8) is 0 Å². The molecule has 0 radical (unpaired) electrons. The molecule has 0 amide bonds. The second-order valence-electron chi connectivity index (χ2n) is 4.91. The van der Waals surface area contributed by atoms with E-state index in [4.69, 9.17) is 4.74 Å². The van der Waals surface area contributed by atoms with Crippen LogP contribution in [0.3, 0.4) is 0 Å². The molecule has 1 aromatic rings. The van der Waals surface area contributed by atoms with E-state index in [-0.39, 0.29) is 11.7 Å². The van der Waals surface area contributed by atoms with Gasteiger partial charge in [-0.15, -0.1) is 23.5 Å². The van der Waals surface area contributed by atoms with Crippen LogP contribution in [0.25, 0.3) is 6.08 Å². The summed E-state index contributed by atoms with van der Waals surface area (Å²) in [5, 5.41) is 0. The first-order valence-corrected chi connectivity index (χ1v) is 9.28. The summed E-state index contributed by atoms with van der Waals surface area (Å²) in [6.45, 7) is 0. The summed E-state index contributed by atoms with van der Waals surface area (Å²) in [5.41, 5.74) is 1.14. The molecular formula is C17H20O2S2. The van der Waals surface area contributed by atoms with Crippen LogP contribution in [0, 0.1) is 11.8 Å². The Morgan fingerprint density at radius 3 is 2.48 bits per heavy atom. The summed E-state index contributed by atoms with van der Waals surface area (Å²) in [5.74, 6) is 1.69. The number of thioether (sulfide) groups is 2. The van der Waals surface area contributed by atoms with Crippen LogP contribution >= 0.6 is 23.5 Å².